The van der Waals surface area contributed by atoms with Crippen LogP contribution in [0.3, 0.4) is 0 Å². The third-order valence-electron chi connectivity index (χ3n) is 3.60. The number of halogens is 2. The second kappa shape index (κ2) is 7.11. The van der Waals surface area contributed by atoms with E-state index < -0.39 is 0 Å². The van der Waals surface area contributed by atoms with Gasteiger partial charge in [0.15, 0.2) is 6.61 Å². The van der Waals surface area contributed by atoms with Crippen LogP contribution in [0.2, 0.25) is 10.0 Å². The van der Waals surface area contributed by atoms with Gasteiger partial charge in [0.25, 0.3) is 11.8 Å². The molecule has 3 rings (SSSR count). The number of ether oxygens (including phenoxy) is 1. The highest BCUT2D eigenvalue weighted by molar-refractivity contribution is 6.42. The lowest BCUT2D eigenvalue weighted by atomic mass is 9.99. The number of amides is 2. The van der Waals surface area contributed by atoms with Crippen molar-refractivity contribution >= 4 is 40.7 Å². The molecule has 0 bridgehead atoms. The lowest BCUT2D eigenvalue weighted by Crippen LogP contribution is -2.32. The number of rotatable bonds is 4. The van der Waals surface area contributed by atoms with E-state index in [9.17, 15) is 9.59 Å². The van der Waals surface area contributed by atoms with Crippen molar-refractivity contribution in [2.24, 2.45) is 0 Å². The van der Waals surface area contributed by atoms with Crippen LogP contribution in [0, 0.1) is 0 Å². The number of hydrogen-bond donors (Lipinski definition) is 2. The molecule has 24 heavy (non-hydrogen) atoms. The molecule has 2 aromatic rings. The quantitative estimate of drug-likeness (QED) is 0.874. The average Bonchev–Trinajstić information content (AvgIpc) is 2.57. The molecule has 0 unspecified atom stereocenters. The number of fused-ring (bicyclic) bond motifs is 1. The fourth-order valence-electron chi connectivity index (χ4n) is 2.48. The summed E-state index contributed by atoms with van der Waals surface area (Å²) in [7, 11) is 0. The van der Waals surface area contributed by atoms with E-state index in [2.05, 4.69) is 10.6 Å². The first-order chi connectivity index (χ1) is 11.5. The van der Waals surface area contributed by atoms with Gasteiger partial charge in [-0.15, -0.1) is 0 Å². The van der Waals surface area contributed by atoms with Crippen LogP contribution < -0.4 is 15.4 Å². The molecule has 5 nitrogen and oxygen atoms in total. The van der Waals surface area contributed by atoms with Crippen molar-refractivity contribution in [1.29, 1.82) is 0 Å². The van der Waals surface area contributed by atoms with Crippen molar-refractivity contribution in [3.05, 3.63) is 57.6 Å². The summed E-state index contributed by atoms with van der Waals surface area (Å²) in [5.41, 5.74) is 1.94. The number of carbonyl (C=O) groups excluding carboxylic acids is 2. The minimum absolute atomic E-state index is 0.123. The highest BCUT2D eigenvalue weighted by atomic mass is 35.5. The minimum atomic E-state index is -0.328. The van der Waals surface area contributed by atoms with Gasteiger partial charge in [0, 0.05) is 23.4 Å². The van der Waals surface area contributed by atoms with Gasteiger partial charge in [-0.05, 0) is 36.8 Å². The summed E-state index contributed by atoms with van der Waals surface area (Å²) in [6.45, 7) is 0.389. The van der Waals surface area contributed by atoms with Crippen molar-refractivity contribution in [3.8, 4) is 5.75 Å². The Labute approximate surface area is 148 Å². The molecule has 0 radical (unpaired) electrons. The molecule has 1 aliphatic heterocycles. The smallest absolute Gasteiger partial charge is 0.262 e. The molecule has 124 valence electrons. The van der Waals surface area contributed by atoms with Crippen LogP contribution in [0.15, 0.2) is 36.4 Å². The predicted molar refractivity (Wildman–Crippen MR) is 93.1 cm³/mol. The summed E-state index contributed by atoms with van der Waals surface area (Å²) in [5.74, 6) is 0.0971. The topological polar surface area (TPSA) is 67.4 Å². The maximum atomic E-state index is 12.0. The van der Waals surface area contributed by atoms with Crippen LogP contribution in [-0.2, 0) is 11.2 Å². The van der Waals surface area contributed by atoms with E-state index in [1.54, 1.807) is 36.4 Å². The summed E-state index contributed by atoms with van der Waals surface area (Å²) in [4.78, 5) is 23.8. The van der Waals surface area contributed by atoms with Gasteiger partial charge in [0.2, 0.25) is 0 Å². The Bertz CT molecular complexity index is 808. The monoisotopic (exact) mass is 364 g/mol. The van der Waals surface area contributed by atoms with Crippen LogP contribution in [0.4, 0.5) is 5.69 Å². The summed E-state index contributed by atoms with van der Waals surface area (Å²) in [6.07, 6.45) is 0.672. The number of hydrogen-bond acceptors (Lipinski definition) is 3. The Morgan fingerprint density at radius 3 is 2.83 bits per heavy atom. The van der Waals surface area contributed by atoms with Crippen molar-refractivity contribution in [2.75, 3.05) is 18.5 Å². The molecule has 0 aromatic heterocycles. The summed E-state index contributed by atoms with van der Waals surface area (Å²) < 4.78 is 5.59. The fraction of sp³-hybridized carbons (Fsp3) is 0.176. The molecule has 1 heterocycles. The van der Waals surface area contributed by atoms with Gasteiger partial charge in [-0.25, -0.2) is 0 Å². The van der Waals surface area contributed by atoms with Crippen molar-refractivity contribution in [2.45, 2.75) is 6.42 Å². The first kappa shape index (κ1) is 16.6. The predicted octanol–water partition coefficient (Wildman–Crippen LogP) is 3.30. The zero-order valence-corrected chi connectivity index (χ0v) is 14.1. The Morgan fingerprint density at radius 2 is 2.04 bits per heavy atom. The Kier molecular flexibility index (Phi) is 4.92. The molecule has 2 aromatic carbocycles. The summed E-state index contributed by atoms with van der Waals surface area (Å²) >= 11 is 11.7. The number of benzene rings is 2. The first-order valence-electron chi connectivity index (χ1n) is 7.32. The van der Waals surface area contributed by atoms with Gasteiger partial charge >= 0.3 is 0 Å². The third kappa shape index (κ3) is 3.63. The number of anilines is 1. The van der Waals surface area contributed by atoms with Crippen LogP contribution in [0.1, 0.15) is 15.9 Å². The zero-order valence-electron chi connectivity index (χ0n) is 12.6. The highest BCUT2D eigenvalue weighted by Gasteiger charge is 2.20. The van der Waals surface area contributed by atoms with Gasteiger partial charge in [-0.2, -0.15) is 0 Å². The lowest BCUT2D eigenvalue weighted by Gasteiger charge is -2.19. The molecule has 0 atom stereocenters. The molecule has 0 saturated heterocycles. The third-order valence-corrected chi connectivity index (χ3v) is 4.34. The molecule has 2 amide bonds. The minimum Gasteiger partial charge on any atom is -0.483 e. The molecule has 0 fully saturated rings. The van der Waals surface area contributed by atoms with Crippen molar-refractivity contribution < 1.29 is 14.3 Å². The van der Waals surface area contributed by atoms with Crippen LogP contribution in [-0.4, -0.2) is 25.0 Å². The van der Waals surface area contributed by atoms with Gasteiger partial charge in [-0.1, -0.05) is 29.3 Å². The standard InChI is InChI=1S/C17H14Cl2N2O3/c18-13-5-4-10(8-14(13)19)21-16(22)9-24-15-3-1-2-12-11(15)6-7-20-17(12)23/h1-5,8H,6-7,9H2,(H,20,23)(H,21,22). The highest BCUT2D eigenvalue weighted by Crippen LogP contribution is 2.26. The molecule has 7 heteroatoms. The van der Waals surface area contributed by atoms with E-state index in [0.29, 0.717) is 40.0 Å². The Balaban J connectivity index is 1.65. The van der Waals surface area contributed by atoms with E-state index in [0.717, 1.165) is 5.56 Å². The second-order valence-corrected chi connectivity index (χ2v) is 6.07. The summed E-state index contributed by atoms with van der Waals surface area (Å²) in [5, 5.41) is 6.23. The lowest BCUT2D eigenvalue weighted by molar-refractivity contribution is -0.118. The molecule has 0 spiro atoms. The first-order valence-corrected chi connectivity index (χ1v) is 8.08. The maximum absolute atomic E-state index is 12.0. The second-order valence-electron chi connectivity index (χ2n) is 5.25. The number of nitrogens with one attached hydrogen (secondary N) is 2. The van der Waals surface area contributed by atoms with E-state index in [1.165, 1.54) is 0 Å². The Hall–Kier alpha value is -2.24. The van der Waals surface area contributed by atoms with Gasteiger partial charge in [0.1, 0.15) is 5.75 Å². The van der Waals surface area contributed by atoms with Crippen LogP contribution in [0.5, 0.6) is 5.75 Å². The number of carbonyl (C=O) groups is 2. The van der Waals surface area contributed by atoms with Crippen LogP contribution >= 0.6 is 23.2 Å². The molecular weight excluding hydrogens is 351 g/mol. The van der Waals surface area contributed by atoms with Crippen LogP contribution in [0.25, 0.3) is 0 Å². The van der Waals surface area contributed by atoms with Crippen molar-refractivity contribution in [3.63, 3.8) is 0 Å². The SMILES string of the molecule is O=C(COc1cccc2c1CCNC2=O)Nc1ccc(Cl)c(Cl)c1. The average molecular weight is 365 g/mol. The zero-order chi connectivity index (χ0) is 17.1. The van der Waals surface area contributed by atoms with E-state index in [1.807, 2.05) is 0 Å². The molecular formula is C17H14Cl2N2O3. The normalized spacial score (nSPS) is 13.0. The molecule has 1 aliphatic rings. The van der Waals surface area contributed by atoms with Gasteiger partial charge in [0.05, 0.1) is 10.0 Å². The Morgan fingerprint density at radius 1 is 1.21 bits per heavy atom. The summed E-state index contributed by atoms with van der Waals surface area (Å²) in [6, 6.07) is 10.1. The van der Waals surface area contributed by atoms with Gasteiger partial charge < -0.3 is 15.4 Å². The van der Waals surface area contributed by atoms with Gasteiger partial charge in [-0.3, -0.25) is 9.59 Å². The molecule has 2 N–H and O–H groups in total. The largest absolute Gasteiger partial charge is 0.483 e. The fourth-order valence-corrected chi connectivity index (χ4v) is 2.78. The maximum Gasteiger partial charge on any atom is 0.262 e. The van der Waals surface area contributed by atoms with E-state index >= 15 is 0 Å². The molecule has 0 saturated carbocycles. The molecule has 0 aliphatic carbocycles. The van der Waals surface area contributed by atoms with E-state index in [4.69, 9.17) is 27.9 Å². The van der Waals surface area contributed by atoms with Crippen molar-refractivity contribution in [1.82, 2.24) is 5.32 Å². The van der Waals surface area contributed by atoms with E-state index in [-0.39, 0.29) is 18.4 Å².